The van der Waals surface area contributed by atoms with Crippen LogP contribution in [-0.4, -0.2) is 27.4 Å². The number of nitrogens with zero attached hydrogens (tertiary/aromatic N) is 3. The number of rotatable bonds is 3. The summed E-state index contributed by atoms with van der Waals surface area (Å²) in [6.07, 6.45) is 1.93. The van der Waals surface area contributed by atoms with E-state index in [-0.39, 0.29) is 5.97 Å². The number of hydrogen-bond donors (Lipinski definition) is 0. The molecule has 1 aliphatic heterocycles. The van der Waals surface area contributed by atoms with E-state index >= 15 is 0 Å². The monoisotopic (exact) mass is 431 g/mol. The fourth-order valence-electron chi connectivity index (χ4n) is 4.60. The van der Waals surface area contributed by atoms with Crippen molar-refractivity contribution in [1.29, 1.82) is 0 Å². The van der Waals surface area contributed by atoms with E-state index in [1.165, 1.54) is 7.11 Å². The Morgan fingerprint density at radius 3 is 2.36 bits per heavy atom. The average molecular weight is 431 g/mol. The van der Waals surface area contributed by atoms with E-state index in [4.69, 9.17) is 9.84 Å². The molecule has 0 amide bonds. The molecule has 0 spiro atoms. The van der Waals surface area contributed by atoms with Gasteiger partial charge in [0.05, 0.1) is 41.9 Å². The zero-order valence-corrected chi connectivity index (χ0v) is 18.1. The second-order valence-electron chi connectivity index (χ2n) is 8.06. The van der Waals surface area contributed by atoms with Crippen LogP contribution in [0.3, 0.4) is 0 Å². The molecule has 2 aromatic heterocycles. The first-order valence-electron chi connectivity index (χ1n) is 10.9. The predicted molar refractivity (Wildman–Crippen MR) is 130 cm³/mol. The molecule has 6 rings (SSSR count). The summed E-state index contributed by atoms with van der Waals surface area (Å²) in [5.41, 5.74) is 7.37. The van der Waals surface area contributed by atoms with Crippen molar-refractivity contribution in [1.82, 2.24) is 14.3 Å². The Bertz CT molecular complexity index is 1530. The van der Waals surface area contributed by atoms with Crippen molar-refractivity contribution in [2.45, 2.75) is 6.54 Å². The van der Waals surface area contributed by atoms with E-state index in [1.54, 1.807) is 0 Å². The zero-order chi connectivity index (χ0) is 22.4. The summed E-state index contributed by atoms with van der Waals surface area (Å²) >= 11 is 0. The molecule has 0 saturated heterocycles. The second-order valence-corrected chi connectivity index (χ2v) is 8.06. The van der Waals surface area contributed by atoms with Gasteiger partial charge in [0.1, 0.15) is 5.69 Å². The summed E-state index contributed by atoms with van der Waals surface area (Å²) < 4.78 is 9.26. The molecule has 5 aromatic rings. The Labute approximate surface area is 191 Å². The van der Waals surface area contributed by atoms with Crippen LogP contribution in [0, 0.1) is 0 Å². The van der Waals surface area contributed by atoms with Crippen molar-refractivity contribution in [2.24, 2.45) is 0 Å². The maximum atomic E-state index is 12.8. The fraction of sp³-hybridized carbons (Fsp3) is 0.0714. The Hall–Kier alpha value is -4.38. The summed E-state index contributed by atoms with van der Waals surface area (Å²) in [6.45, 7) is 0.424. The average Bonchev–Trinajstić information content (AvgIpc) is 3.38. The highest BCUT2D eigenvalue weighted by atomic mass is 16.5. The molecular formula is C28H21N3O2. The van der Waals surface area contributed by atoms with Gasteiger partial charge in [0.25, 0.3) is 0 Å². The molecule has 5 heteroatoms. The molecule has 0 fully saturated rings. The summed E-state index contributed by atoms with van der Waals surface area (Å²) in [6, 6.07) is 30.6. The maximum absolute atomic E-state index is 12.8. The van der Waals surface area contributed by atoms with Crippen LogP contribution in [0.1, 0.15) is 5.69 Å². The summed E-state index contributed by atoms with van der Waals surface area (Å²) in [4.78, 5) is 12.8. The lowest BCUT2D eigenvalue weighted by Gasteiger charge is -2.10. The molecule has 1 aliphatic rings. The first kappa shape index (κ1) is 19.3. The lowest BCUT2D eigenvalue weighted by molar-refractivity contribution is -0.136. The third-order valence-electron chi connectivity index (χ3n) is 6.12. The maximum Gasteiger partial charge on any atom is 0.335 e. The van der Waals surface area contributed by atoms with E-state index in [2.05, 4.69) is 34.9 Å². The van der Waals surface area contributed by atoms with Crippen LogP contribution in [0.25, 0.3) is 45.2 Å². The van der Waals surface area contributed by atoms with Gasteiger partial charge in [-0.3, -0.25) is 0 Å². The lowest BCUT2D eigenvalue weighted by atomic mass is 10.0. The van der Waals surface area contributed by atoms with E-state index < -0.39 is 0 Å². The van der Waals surface area contributed by atoms with E-state index in [0.29, 0.717) is 12.1 Å². The van der Waals surface area contributed by atoms with Crippen LogP contribution in [-0.2, 0) is 16.1 Å². The molecule has 0 bridgehead atoms. The third kappa shape index (κ3) is 3.09. The van der Waals surface area contributed by atoms with Crippen LogP contribution < -0.4 is 0 Å². The molecular weight excluding hydrogens is 410 g/mol. The molecule has 3 aromatic carbocycles. The highest BCUT2D eigenvalue weighted by Crippen LogP contribution is 2.41. The van der Waals surface area contributed by atoms with Crippen molar-refractivity contribution >= 4 is 22.9 Å². The molecule has 5 nitrogen and oxygen atoms in total. The molecule has 160 valence electrons. The molecule has 0 radical (unpaired) electrons. The second kappa shape index (κ2) is 7.64. The predicted octanol–water partition coefficient (Wildman–Crippen LogP) is 5.73. The fourth-order valence-corrected chi connectivity index (χ4v) is 4.60. The van der Waals surface area contributed by atoms with E-state index in [9.17, 15) is 4.79 Å². The highest BCUT2D eigenvalue weighted by Gasteiger charge is 2.28. The summed E-state index contributed by atoms with van der Waals surface area (Å²) in [5.74, 6) is -0.339. The number of aromatic nitrogens is 3. The quantitative estimate of drug-likeness (QED) is 0.343. The van der Waals surface area contributed by atoms with Gasteiger partial charge in [-0.25, -0.2) is 9.48 Å². The summed E-state index contributed by atoms with van der Waals surface area (Å²) in [5, 5.41) is 6.19. The van der Waals surface area contributed by atoms with Crippen LogP contribution in [0.15, 0.2) is 96.6 Å². The molecule has 0 saturated carbocycles. The number of ether oxygens (including phenoxy) is 1. The number of carbonyl (C=O) groups is 1. The Kier molecular flexibility index (Phi) is 4.47. The number of carbonyl (C=O) groups excluding carboxylic acids is 1. The zero-order valence-electron chi connectivity index (χ0n) is 18.1. The van der Waals surface area contributed by atoms with Crippen LogP contribution in [0.4, 0.5) is 0 Å². The molecule has 33 heavy (non-hydrogen) atoms. The van der Waals surface area contributed by atoms with Gasteiger partial charge in [-0.05, 0) is 30.3 Å². The molecule has 0 aliphatic carbocycles. The lowest BCUT2D eigenvalue weighted by Crippen LogP contribution is -2.11. The molecule has 3 heterocycles. The largest absolute Gasteiger partial charge is 0.466 e. The van der Waals surface area contributed by atoms with Crippen molar-refractivity contribution in [3.63, 3.8) is 0 Å². The van der Waals surface area contributed by atoms with Gasteiger partial charge in [-0.15, -0.1) is 0 Å². The van der Waals surface area contributed by atoms with Crippen LogP contribution >= 0.6 is 0 Å². The normalized spacial score (nSPS) is 12.6. The minimum Gasteiger partial charge on any atom is -0.466 e. The number of methoxy groups -OCH3 is 1. The highest BCUT2D eigenvalue weighted by molar-refractivity contribution is 6.00. The number of hydrogen-bond acceptors (Lipinski definition) is 3. The first-order chi connectivity index (χ1) is 16.2. The van der Waals surface area contributed by atoms with Gasteiger partial charge in [-0.1, -0.05) is 66.7 Å². The molecule has 0 atom stereocenters. The van der Waals surface area contributed by atoms with Gasteiger partial charge in [0, 0.05) is 16.5 Å². The van der Waals surface area contributed by atoms with Crippen molar-refractivity contribution in [2.75, 3.05) is 7.11 Å². The van der Waals surface area contributed by atoms with Gasteiger partial charge in [0.2, 0.25) is 0 Å². The van der Waals surface area contributed by atoms with Gasteiger partial charge >= 0.3 is 5.97 Å². The number of benzene rings is 3. The minimum atomic E-state index is -0.339. The van der Waals surface area contributed by atoms with Crippen LogP contribution in [0.5, 0.6) is 0 Å². The molecule has 0 unspecified atom stereocenters. The van der Waals surface area contributed by atoms with Crippen molar-refractivity contribution in [3.05, 3.63) is 102 Å². The SMILES string of the molecule is COC(=O)C1=Cc2c(c(-c3ccccc3)nn2-c2ccccc2)-c2cc3ccccc3n2C1. The Morgan fingerprint density at radius 1 is 0.909 bits per heavy atom. The smallest absolute Gasteiger partial charge is 0.335 e. The third-order valence-corrected chi connectivity index (χ3v) is 6.12. The number of para-hydroxylation sites is 2. The summed E-state index contributed by atoms with van der Waals surface area (Å²) in [7, 11) is 1.42. The first-order valence-corrected chi connectivity index (χ1v) is 10.9. The van der Waals surface area contributed by atoms with Gasteiger partial charge in [-0.2, -0.15) is 5.10 Å². The number of fused-ring (bicyclic) bond motifs is 5. The number of esters is 1. The van der Waals surface area contributed by atoms with E-state index in [1.807, 2.05) is 71.4 Å². The van der Waals surface area contributed by atoms with Crippen molar-refractivity contribution in [3.8, 4) is 28.2 Å². The van der Waals surface area contributed by atoms with Gasteiger partial charge < -0.3 is 9.30 Å². The van der Waals surface area contributed by atoms with Gasteiger partial charge in [0.15, 0.2) is 0 Å². The standard InChI is InChI=1S/C28H21N3O2/c1-33-28(32)21-17-25-26(24-16-20-12-8-9-15-23(20)30(24)18-21)27(19-10-4-2-5-11-19)29-31(25)22-13-6-3-7-14-22/h2-17H,18H2,1H3. The van der Waals surface area contributed by atoms with Crippen molar-refractivity contribution < 1.29 is 9.53 Å². The minimum absolute atomic E-state index is 0.339. The van der Waals surface area contributed by atoms with Crippen LogP contribution in [0.2, 0.25) is 0 Å². The molecule has 0 N–H and O–H groups in total. The topological polar surface area (TPSA) is 49.0 Å². The Morgan fingerprint density at radius 2 is 1.61 bits per heavy atom. The van der Waals surface area contributed by atoms with E-state index in [0.717, 1.165) is 44.8 Å². The Balaban J connectivity index is 1.75.